The fourth-order valence-electron chi connectivity index (χ4n) is 4.50. The van der Waals surface area contributed by atoms with Crippen molar-refractivity contribution in [3.63, 3.8) is 0 Å². The highest BCUT2D eigenvalue weighted by atomic mass is 16.5. The Hall–Kier alpha value is -3.53. The van der Waals surface area contributed by atoms with E-state index in [1.807, 2.05) is 42.5 Å². The van der Waals surface area contributed by atoms with Crippen molar-refractivity contribution in [2.24, 2.45) is 0 Å². The molecule has 0 saturated heterocycles. The topological polar surface area (TPSA) is 50.4 Å². The maximum Gasteiger partial charge on any atom is 0.163 e. The number of ketones is 1. The van der Waals surface area contributed by atoms with E-state index >= 15 is 0 Å². The molecule has 2 atom stereocenters. The fourth-order valence-corrected chi connectivity index (χ4v) is 4.50. The van der Waals surface area contributed by atoms with Gasteiger partial charge in [0.2, 0.25) is 0 Å². The Morgan fingerprint density at radius 1 is 0.800 bits per heavy atom. The van der Waals surface area contributed by atoms with Crippen LogP contribution in [0.4, 0.5) is 11.4 Å². The molecule has 3 aromatic rings. The van der Waals surface area contributed by atoms with Crippen LogP contribution in [-0.2, 0) is 4.79 Å². The van der Waals surface area contributed by atoms with Crippen molar-refractivity contribution in [3.05, 3.63) is 101 Å². The molecule has 3 aromatic carbocycles. The third-order valence-electron chi connectivity index (χ3n) is 6.03. The van der Waals surface area contributed by atoms with Crippen LogP contribution in [-0.4, -0.2) is 12.9 Å². The number of carbonyl (C=O) groups is 1. The average Bonchev–Trinajstić information content (AvgIpc) is 2.96. The lowest BCUT2D eigenvalue weighted by Crippen LogP contribution is -2.26. The van der Waals surface area contributed by atoms with Gasteiger partial charge in [-0.3, -0.25) is 4.79 Å². The highest BCUT2D eigenvalue weighted by Gasteiger charge is 2.35. The molecule has 0 amide bonds. The Kier molecular flexibility index (Phi) is 4.75. The van der Waals surface area contributed by atoms with E-state index in [4.69, 9.17) is 4.74 Å². The summed E-state index contributed by atoms with van der Waals surface area (Å²) in [7, 11) is 1.67. The molecule has 0 spiro atoms. The third kappa shape index (κ3) is 3.35. The molecule has 0 saturated carbocycles. The summed E-state index contributed by atoms with van der Waals surface area (Å²) >= 11 is 0. The van der Waals surface area contributed by atoms with Crippen LogP contribution in [0.5, 0.6) is 5.75 Å². The minimum atomic E-state index is -0.165. The van der Waals surface area contributed by atoms with Crippen LogP contribution in [0.3, 0.4) is 0 Å². The maximum absolute atomic E-state index is 13.5. The molecule has 5 rings (SSSR count). The number of anilines is 2. The molecule has 1 aliphatic carbocycles. The minimum Gasteiger partial charge on any atom is -0.497 e. The SMILES string of the molecule is COc1ccc(C2CC(=O)C3=C(C2)Nc2ccccc2NC3c2ccccc2)cc1. The molecule has 2 aliphatic rings. The Balaban J connectivity index is 1.57. The van der Waals surface area contributed by atoms with Crippen molar-refractivity contribution >= 4 is 17.2 Å². The molecule has 0 bridgehead atoms. The van der Waals surface area contributed by atoms with Crippen LogP contribution in [0, 0.1) is 0 Å². The Bertz CT molecular complexity index is 1100. The van der Waals surface area contributed by atoms with Crippen LogP contribution in [0.2, 0.25) is 0 Å². The average molecular weight is 396 g/mol. The van der Waals surface area contributed by atoms with Crippen LogP contribution in [0.1, 0.15) is 35.9 Å². The highest BCUT2D eigenvalue weighted by molar-refractivity contribution is 6.01. The Morgan fingerprint density at radius 3 is 2.23 bits per heavy atom. The smallest absolute Gasteiger partial charge is 0.163 e. The highest BCUT2D eigenvalue weighted by Crippen LogP contribution is 2.44. The van der Waals surface area contributed by atoms with Crippen molar-refractivity contribution in [1.29, 1.82) is 0 Å². The summed E-state index contributed by atoms with van der Waals surface area (Å²) in [6.07, 6.45) is 1.31. The molecular formula is C26H24N2O2. The van der Waals surface area contributed by atoms with E-state index in [1.54, 1.807) is 7.11 Å². The number of rotatable bonds is 3. The number of Topliss-reactive ketones (excluding diaryl/α,β-unsaturated/α-hetero) is 1. The van der Waals surface area contributed by atoms with Crippen molar-refractivity contribution < 1.29 is 9.53 Å². The van der Waals surface area contributed by atoms with Crippen LogP contribution >= 0.6 is 0 Å². The van der Waals surface area contributed by atoms with Crippen molar-refractivity contribution in [2.75, 3.05) is 17.7 Å². The predicted molar refractivity (Wildman–Crippen MR) is 120 cm³/mol. The summed E-state index contributed by atoms with van der Waals surface area (Å²) in [5, 5.41) is 7.20. The Morgan fingerprint density at radius 2 is 1.50 bits per heavy atom. The van der Waals surface area contributed by atoms with Crippen molar-refractivity contribution in [3.8, 4) is 5.75 Å². The molecule has 150 valence electrons. The first-order valence-corrected chi connectivity index (χ1v) is 10.3. The molecule has 0 aromatic heterocycles. The number of benzene rings is 3. The van der Waals surface area contributed by atoms with Gasteiger partial charge in [0.15, 0.2) is 5.78 Å². The number of ether oxygens (including phenoxy) is 1. The number of hydrogen-bond acceptors (Lipinski definition) is 4. The molecule has 0 radical (unpaired) electrons. The van der Waals surface area contributed by atoms with Gasteiger partial charge in [0, 0.05) is 17.7 Å². The molecule has 4 nitrogen and oxygen atoms in total. The molecular weight excluding hydrogens is 372 g/mol. The summed E-state index contributed by atoms with van der Waals surface area (Å²) in [5.41, 5.74) is 6.14. The van der Waals surface area contributed by atoms with Gasteiger partial charge < -0.3 is 15.4 Å². The van der Waals surface area contributed by atoms with E-state index in [0.717, 1.165) is 40.4 Å². The van der Waals surface area contributed by atoms with Crippen LogP contribution in [0.15, 0.2) is 90.1 Å². The van der Waals surface area contributed by atoms with E-state index < -0.39 is 0 Å². The van der Waals surface area contributed by atoms with Gasteiger partial charge in [-0.1, -0.05) is 54.6 Å². The molecule has 2 N–H and O–H groups in total. The van der Waals surface area contributed by atoms with Gasteiger partial charge in [-0.25, -0.2) is 0 Å². The van der Waals surface area contributed by atoms with E-state index in [1.165, 1.54) is 5.56 Å². The number of para-hydroxylation sites is 2. The van der Waals surface area contributed by atoms with E-state index in [0.29, 0.717) is 6.42 Å². The summed E-state index contributed by atoms with van der Waals surface area (Å²) in [5.74, 6) is 1.17. The molecule has 2 unspecified atom stereocenters. The summed E-state index contributed by atoms with van der Waals surface area (Å²) < 4.78 is 5.29. The zero-order chi connectivity index (χ0) is 20.5. The van der Waals surface area contributed by atoms with Gasteiger partial charge in [-0.05, 0) is 47.7 Å². The lowest BCUT2D eigenvalue weighted by atomic mass is 9.78. The first-order valence-electron chi connectivity index (χ1n) is 10.3. The second kappa shape index (κ2) is 7.71. The minimum absolute atomic E-state index is 0.149. The standard InChI is InChI=1S/C26H24N2O2/c1-30-20-13-11-17(12-14-20)19-15-23-25(24(29)16-19)26(18-7-3-2-4-8-18)28-22-10-6-5-9-21(22)27-23/h2-14,19,26-28H,15-16H2,1H3. The zero-order valence-corrected chi connectivity index (χ0v) is 16.9. The van der Waals surface area contributed by atoms with Gasteiger partial charge in [0.25, 0.3) is 0 Å². The first-order chi connectivity index (χ1) is 14.7. The van der Waals surface area contributed by atoms with Gasteiger partial charge in [0.1, 0.15) is 5.75 Å². The normalized spacial score (nSPS) is 20.4. The molecule has 0 fully saturated rings. The quantitative estimate of drug-likeness (QED) is 0.598. The predicted octanol–water partition coefficient (Wildman–Crippen LogP) is 5.67. The van der Waals surface area contributed by atoms with Gasteiger partial charge in [-0.2, -0.15) is 0 Å². The maximum atomic E-state index is 13.5. The van der Waals surface area contributed by atoms with Gasteiger partial charge in [0.05, 0.1) is 24.5 Å². The summed E-state index contributed by atoms with van der Waals surface area (Å²) in [4.78, 5) is 13.5. The first kappa shape index (κ1) is 18.5. The fraction of sp³-hybridized carbons (Fsp3) is 0.192. The third-order valence-corrected chi connectivity index (χ3v) is 6.03. The van der Waals surface area contributed by atoms with Crippen molar-refractivity contribution in [2.45, 2.75) is 24.8 Å². The Labute approximate surface area is 176 Å². The van der Waals surface area contributed by atoms with E-state index in [2.05, 4.69) is 47.0 Å². The van der Waals surface area contributed by atoms with Crippen LogP contribution in [0.25, 0.3) is 0 Å². The van der Waals surface area contributed by atoms with E-state index in [-0.39, 0.29) is 17.7 Å². The monoisotopic (exact) mass is 396 g/mol. The second-order valence-corrected chi connectivity index (χ2v) is 7.85. The molecule has 1 aliphatic heterocycles. The number of carbonyl (C=O) groups excluding carboxylic acids is 1. The molecule has 1 heterocycles. The summed E-state index contributed by atoms with van der Waals surface area (Å²) in [6, 6.07) is 26.3. The van der Waals surface area contributed by atoms with Crippen molar-refractivity contribution in [1.82, 2.24) is 0 Å². The van der Waals surface area contributed by atoms with Gasteiger partial charge >= 0.3 is 0 Å². The lowest BCUT2D eigenvalue weighted by molar-refractivity contribution is -0.116. The second-order valence-electron chi connectivity index (χ2n) is 7.85. The largest absolute Gasteiger partial charge is 0.497 e. The number of hydrogen-bond donors (Lipinski definition) is 2. The molecule has 4 heteroatoms. The molecule has 30 heavy (non-hydrogen) atoms. The van der Waals surface area contributed by atoms with Crippen LogP contribution < -0.4 is 15.4 Å². The number of methoxy groups -OCH3 is 1. The zero-order valence-electron chi connectivity index (χ0n) is 16.9. The number of allylic oxidation sites excluding steroid dienone is 1. The number of nitrogens with one attached hydrogen (secondary N) is 2. The van der Waals surface area contributed by atoms with Gasteiger partial charge in [-0.15, -0.1) is 0 Å². The summed E-state index contributed by atoms with van der Waals surface area (Å²) in [6.45, 7) is 0. The lowest BCUT2D eigenvalue weighted by Gasteiger charge is -2.30. The van der Waals surface area contributed by atoms with E-state index in [9.17, 15) is 4.79 Å². The number of fused-ring (bicyclic) bond motifs is 1.